The van der Waals surface area contributed by atoms with E-state index in [1.54, 1.807) is 12.5 Å². The first kappa shape index (κ1) is 12.0. The zero-order valence-electron chi connectivity index (χ0n) is 10.6. The van der Waals surface area contributed by atoms with E-state index < -0.39 is 0 Å². The van der Waals surface area contributed by atoms with Gasteiger partial charge >= 0.3 is 0 Å². The Morgan fingerprint density at radius 2 is 1.20 bits per heavy atom. The molecule has 0 aliphatic carbocycles. The van der Waals surface area contributed by atoms with Gasteiger partial charge in [0.1, 0.15) is 11.5 Å². The van der Waals surface area contributed by atoms with Gasteiger partial charge in [-0.3, -0.25) is 0 Å². The van der Waals surface area contributed by atoms with Crippen LogP contribution in [0.15, 0.2) is 57.8 Å². The average Bonchev–Trinajstić information content (AvgIpc) is 3.18. The summed E-state index contributed by atoms with van der Waals surface area (Å²) >= 11 is 0. The van der Waals surface area contributed by atoms with Crippen molar-refractivity contribution in [3.63, 3.8) is 0 Å². The highest BCUT2D eigenvalue weighted by molar-refractivity contribution is 5.77. The van der Waals surface area contributed by atoms with E-state index in [2.05, 4.69) is 11.8 Å². The molecule has 0 unspecified atom stereocenters. The topological polar surface area (TPSA) is 26.3 Å². The summed E-state index contributed by atoms with van der Waals surface area (Å²) in [5.41, 5.74) is 3.04. The third kappa shape index (κ3) is 1.90. The smallest absolute Gasteiger partial charge is 0.135 e. The Labute approximate surface area is 117 Å². The first-order chi connectivity index (χ1) is 9.83. The van der Waals surface area contributed by atoms with E-state index in [0.717, 1.165) is 11.1 Å². The third-order valence-electron chi connectivity index (χ3n) is 3.04. The van der Waals surface area contributed by atoms with Gasteiger partial charge in [-0.2, -0.15) is 0 Å². The van der Waals surface area contributed by atoms with Crippen molar-refractivity contribution in [3.8, 4) is 47.3 Å². The highest BCUT2D eigenvalue weighted by atomic mass is 16.3. The molecule has 2 heterocycles. The summed E-state index contributed by atoms with van der Waals surface area (Å²) in [6, 6.07) is 11.0. The van der Waals surface area contributed by atoms with Crippen LogP contribution in [0.25, 0.3) is 22.6 Å². The number of hydrogen-bond donors (Lipinski definition) is 0. The van der Waals surface area contributed by atoms with Gasteiger partial charge in [0.15, 0.2) is 0 Å². The van der Waals surface area contributed by atoms with E-state index in [1.165, 1.54) is 0 Å². The standard InChI is InChI=1S/C18H10O2/c1-3-13-11-16(18-8-6-10-20-18)14(4-2)12-15(13)17-7-5-9-19-17/h1-2,5-12H. The minimum Gasteiger partial charge on any atom is -0.464 e. The van der Waals surface area contributed by atoms with Crippen molar-refractivity contribution in [3.05, 3.63) is 60.1 Å². The van der Waals surface area contributed by atoms with E-state index in [9.17, 15) is 0 Å². The normalized spacial score (nSPS) is 9.90. The molecule has 0 aliphatic rings. The van der Waals surface area contributed by atoms with Crippen LogP contribution < -0.4 is 0 Å². The SMILES string of the molecule is C#Cc1cc(-c2ccco2)c(C#C)cc1-c1ccco1. The lowest BCUT2D eigenvalue weighted by molar-refractivity contribution is 0.580. The maximum Gasteiger partial charge on any atom is 0.135 e. The molecule has 3 aromatic rings. The van der Waals surface area contributed by atoms with E-state index in [1.807, 2.05) is 36.4 Å². The molecule has 20 heavy (non-hydrogen) atoms. The predicted octanol–water partition coefficient (Wildman–Crippen LogP) is 4.17. The van der Waals surface area contributed by atoms with Crippen LogP contribution in [0.5, 0.6) is 0 Å². The predicted molar refractivity (Wildman–Crippen MR) is 77.7 cm³/mol. The number of rotatable bonds is 2. The van der Waals surface area contributed by atoms with Crippen LogP contribution in [-0.4, -0.2) is 0 Å². The zero-order chi connectivity index (χ0) is 13.9. The van der Waals surface area contributed by atoms with E-state index in [4.69, 9.17) is 21.7 Å². The molecule has 2 aromatic heterocycles. The van der Waals surface area contributed by atoms with Gasteiger partial charge in [0.2, 0.25) is 0 Å². The van der Waals surface area contributed by atoms with Gasteiger partial charge in [-0.1, -0.05) is 11.8 Å². The first-order valence-corrected chi connectivity index (χ1v) is 6.02. The Balaban J connectivity index is 2.26. The van der Waals surface area contributed by atoms with E-state index >= 15 is 0 Å². The summed E-state index contributed by atoms with van der Waals surface area (Å²) in [5, 5.41) is 0. The second-order valence-electron chi connectivity index (χ2n) is 4.19. The molecule has 0 fully saturated rings. The molecule has 2 nitrogen and oxygen atoms in total. The van der Waals surface area contributed by atoms with Crippen LogP contribution >= 0.6 is 0 Å². The maximum absolute atomic E-state index is 5.60. The molecule has 0 N–H and O–H groups in total. The van der Waals surface area contributed by atoms with Crippen LogP contribution in [0.3, 0.4) is 0 Å². The van der Waals surface area contributed by atoms with Crippen molar-refractivity contribution < 1.29 is 8.83 Å². The molecule has 2 heteroatoms. The van der Waals surface area contributed by atoms with E-state index in [-0.39, 0.29) is 0 Å². The lowest BCUT2D eigenvalue weighted by atomic mass is 9.96. The summed E-state index contributed by atoms with van der Waals surface area (Å²) in [7, 11) is 0. The Morgan fingerprint density at radius 3 is 1.50 bits per heavy atom. The van der Waals surface area contributed by atoms with Crippen molar-refractivity contribution in [1.82, 2.24) is 0 Å². The number of furan rings is 2. The van der Waals surface area contributed by atoms with Crippen LogP contribution in [0, 0.1) is 24.7 Å². The fraction of sp³-hybridized carbons (Fsp3) is 0. The lowest BCUT2D eigenvalue weighted by Crippen LogP contribution is -1.90. The molecule has 0 saturated carbocycles. The minimum absolute atomic E-state index is 0.695. The first-order valence-electron chi connectivity index (χ1n) is 6.02. The lowest BCUT2D eigenvalue weighted by Gasteiger charge is -2.08. The summed E-state index contributed by atoms with van der Waals surface area (Å²) in [4.78, 5) is 0. The Hall–Kier alpha value is -3.10. The van der Waals surface area contributed by atoms with Crippen molar-refractivity contribution in [2.24, 2.45) is 0 Å². The van der Waals surface area contributed by atoms with Crippen molar-refractivity contribution >= 4 is 0 Å². The molecule has 0 amide bonds. The van der Waals surface area contributed by atoms with Crippen LogP contribution in [0.1, 0.15) is 11.1 Å². The fourth-order valence-electron chi connectivity index (χ4n) is 2.11. The third-order valence-corrected chi connectivity index (χ3v) is 3.04. The van der Waals surface area contributed by atoms with Crippen LogP contribution in [-0.2, 0) is 0 Å². The van der Waals surface area contributed by atoms with Gasteiger partial charge < -0.3 is 8.83 Å². The number of benzene rings is 1. The van der Waals surface area contributed by atoms with Gasteiger partial charge in [0, 0.05) is 22.3 Å². The summed E-state index contributed by atoms with van der Waals surface area (Å²) < 4.78 is 10.8. The molecule has 0 atom stereocenters. The van der Waals surface area contributed by atoms with Gasteiger partial charge in [-0.05, 0) is 36.4 Å². The van der Waals surface area contributed by atoms with Gasteiger partial charge in [-0.25, -0.2) is 0 Å². The summed E-state index contributed by atoms with van der Waals surface area (Å²) in [6.45, 7) is 0. The zero-order valence-corrected chi connectivity index (χ0v) is 10.6. The highest BCUT2D eigenvalue weighted by Gasteiger charge is 2.13. The molecule has 0 saturated heterocycles. The van der Waals surface area contributed by atoms with Gasteiger partial charge in [0.05, 0.1) is 12.5 Å². The molecule has 1 aromatic carbocycles. The van der Waals surface area contributed by atoms with Crippen molar-refractivity contribution in [2.75, 3.05) is 0 Å². The maximum atomic E-state index is 5.60. The van der Waals surface area contributed by atoms with Crippen molar-refractivity contribution in [2.45, 2.75) is 0 Å². The second-order valence-corrected chi connectivity index (χ2v) is 4.19. The quantitative estimate of drug-likeness (QED) is 0.645. The molecule has 0 aliphatic heterocycles. The molecular weight excluding hydrogens is 248 g/mol. The fourth-order valence-corrected chi connectivity index (χ4v) is 2.11. The average molecular weight is 258 g/mol. The Kier molecular flexibility index (Phi) is 2.92. The van der Waals surface area contributed by atoms with Crippen LogP contribution in [0.2, 0.25) is 0 Å². The van der Waals surface area contributed by atoms with Gasteiger partial charge in [0.25, 0.3) is 0 Å². The Morgan fingerprint density at radius 1 is 0.750 bits per heavy atom. The Bertz CT molecular complexity index is 736. The largest absolute Gasteiger partial charge is 0.464 e. The summed E-state index contributed by atoms with van der Waals surface area (Å²) in [6.07, 6.45) is 14.4. The molecule has 94 valence electrons. The molecule has 0 radical (unpaired) electrons. The van der Waals surface area contributed by atoms with Gasteiger partial charge in [-0.15, -0.1) is 12.8 Å². The van der Waals surface area contributed by atoms with E-state index in [0.29, 0.717) is 22.6 Å². The van der Waals surface area contributed by atoms with Crippen LogP contribution in [0.4, 0.5) is 0 Å². The number of hydrogen-bond acceptors (Lipinski definition) is 2. The molecule has 0 bridgehead atoms. The number of terminal acetylenes is 2. The van der Waals surface area contributed by atoms with Crippen molar-refractivity contribution in [1.29, 1.82) is 0 Å². The summed E-state index contributed by atoms with van der Waals surface area (Å²) in [5.74, 6) is 6.72. The molecule has 0 spiro atoms. The monoisotopic (exact) mass is 258 g/mol. The second kappa shape index (κ2) is 4.88. The molecular formula is C18H10O2. The molecule has 3 rings (SSSR count). The highest BCUT2D eigenvalue weighted by Crippen LogP contribution is 2.32. The minimum atomic E-state index is 0.695.